The number of nitrogens with two attached hydrogens (primary N) is 1. The molecule has 14 heavy (non-hydrogen) atoms. The SMILES string of the molecule is NC1C=CC(C(=O)C2CCCCC2)C1. The van der Waals surface area contributed by atoms with Crippen molar-refractivity contribution >= 4 is 5.78 Å². The summed E-state index contributed by atoms with van der Waals surface area (Å²) < 4.78 is 0. The molecule has 2 rings (SSSR count). The number of ketones is 1. The van der Waals surface area contributed by atoms with E-state index in [9.17, 15) is 4.79 Å². The molecule has 2 aliphatic rings. The van der Waals surface area contributed by atoms with Crippen LogP contribution in [0, 0.1) is 11.8 Å². The van der Waals surface area contributed by atoms with E-state index in [1.807, 2.05) is 12.2 Å². The second-order valence-corrected chi connectivity index (χ2v) is 4.63. The highest BCUT2D eigenvalue weighted by molar-refractivity contribution is 5.85. The van der Waals surface area contributed by atoms with Gasteiger partial charge in [-0.15, -0.1) is 0 Å². The molecule has 0 aromatic carbocycles. The van der Waals surface area contributed by atoms with Gasteiger partial charge in [0.1, 0.15) is 5.78 Å². The van der Waals surface area contributed by atoms with Crippen LogP contribution in [-0.4, -0.2) is 11.8 Å². The average molecular weight is 193 g/mol. The number of carbonyl (C=O) groups is 1. The van der Waals surface area contributed by atoms with E-state index in [2.05, 4.69) is 0 Å². The first-order valence-corrected chi connectivity index (χ1v) is 5.75. The van der Waals surface area contributed by atoms with Gasteiger partial charge in [-0.05, 0) is 19.3 Å². The molecule has 0 bridgehead atoms. The predicted octanol–water partition coefficient (Wildman–Crippen LogP) is 2.04. The third-order valence-corrected chi connectivity index (χ3v) is 3.49. The van der Waals surface area contributed by atoms with Crippen LogP contribution in [0.4, 0.5) is 0 Å². The van der Waals surface area contributed by atoms with Crippen molar-refractivity contribution in [2.24, 2.45) is 17.6 Å². The van der Waals surface area contributed by atoms with E-state index in [1.54, 1.807) is 0 Å². The Hall–Kier alpha value is -0.630. The minimum Gasteiger partial charge on any atom is -0.324 e. The lowest BCUT2D eigenvalue weighted by atomic mass is 9.81. The molecule has 0 aromatic rings. The lowest BCUT2D eigenvalue weighted by Gasteiger charge is -2.22. The van der Waals surface area contributed by atoms with E-state index < -0.39 is 0 Å². The highest BCUT2D eigenvalue weighted by Gasteiger charge is 2.29. The van der Waals surface area contributed by atoms with Crippen LogP contribution in [0.25, 0.3) is 0 Å². The summed E-state index contributed by atoms with van der Waals surface area (Å²) in [5.41, 5.74) is 5.75. The molecule has 0 aliphatic heterocycles. The maximum atomic E-state index is 12.0. The summed E-state index contributed by atoms with van der Waals surface area (Å²) in [6.45, 7) is 0. The molecule has 2 aliphatic carbocycles. The van der Waals surface area contributed by atoms with Gasteiger partial charge in [0, 0.05) is 17.9 Å². The van der Waals surface area contributed by atoms with Crippen molar-refractivity contribution in [3.05, 3.63) is 12.2 Å². The smallest absolute Gasteiger partial charge is 0.142 e. The number of Topliss-reactive ketones (excluding diaryl/α,β-unsaturated/α-hetero) is 1. The first-order valence-electron chi connectivity index (χ1n) is 5.75. The normalized spacial score (nSPS) is 33.5. The molecule has 0 aromatic heterocycles. The average Bonchev–Trinajstić information content (AvgIpc) is 2.65. The fraction of sp³-hybridized carbons (Fsp3) is 0.750. The van der Waals surface area contributed by atoms with E-state index in [0.717, 1.165) is 19.3 Å². The number of rotatable bonds is 2. The Kier molecular flexibility index (Phi) is 3.02. The highest BCUT2D eigenvalue weighted by atomic mass is 16.1. The van der Waals surface area contributed by atoms with Crippen molar-refractivity contribution in [2.75, 3.05) is 0 Å². The zero-order chi connectivity index (χ0) is 9.97. The monoisotopic (exact) mass is 193 g/mol. The van der Waals surface area contributed by atoms with Crippen LogP contribution < -0.4 is 5.73 Å². The van der Waals surface area contributed by atoms with E-state index in [4.69, 9.17) is 5.73 Å². The van der Waals surface area contributed by atoms with E-state index >= 15 is 0 Å². The maximum Gasteiger partial charge on any atom is 0.142 e. The van der Waals surface area contributed by atoms with Crippen molar-refractivity contribution in [3.63, 3.8) is 0 Å². The molecule has 2 N–H and O–H groups in total. The van der Waals surface area contributed by atoms with Crippen molar-refractivity contribution < 1.29 is 4.79 Å². The highest BCUT2D eigenvalue weighted by Crippen LogP contribution is 2.30. The summed E-state index contributed by atoms with van der Waals surface area (Å²) in [5, 5.41) is 0. The summed E-state index contributed by atoms with van der Waals surface area (Å²) in [6.07, 6.45) is 10.8. The van der Waals surface area contributed by atoms with Crippen LogP contribution in [0.3, 0.4) is 0 Å². The Morgan fingerprint density at radius 2 is 1.86 bits per heavy atom. The van der Waals surface area contributed by atoms with Crippen LogP contribution >= 0.6 is 0 Å². The molecule has 2 atom stereocenters. The summed E-state index contributed by atoms with van der Waals surface area (Å²) in [6, 6.07) is 0.118. The lowest BCUT2D eigenvalue weighted by Crippen LogP contribution is -2.26. The molecule has 0 amide bonds. The Morgan fingerprint density at radius 1 is 1.14 bits per heavy atom. The molecule has 2 unspecified atom stereocenters. The zero-order valence-electron chi connectivity index (χ0n) is 8.61. The molecule has 2 nitrogen and oxygen atoms in total. The lowest BCUT2D eigenvalue weighted by molar-refractivity contribution is -0.126. The van der Waals surface area contributed by atoms with Gasteiger partial charge in [0.25, 0.3) is 0 Å². The summed E-state index contributed by atoms with van der Waals surface area (Å²) in [5.74, 6) is 0.922. The predicted molar refractivity (Wildman–Crippen MR) is 56.8 cm³/mol. The largest absolute Gasteiger partial charge is 0.324 e. The molecule has 1 saturated carbocycles. The van der Waals surface area contributed by atoms with Gasteiger partial charge in [-0.3, -0.25) is 4.79 Å². The van der Waals surface area contributed by atoms with Crippen LogP contribution in [0.15, 0.2) is 12.2 Å². The number of allylic oxidation sites excluding steroid dienone is 1. The third-order valence-electron chi connectivity index (χ3n) is 3.49. The van der Waals surface area contributed by atoms with Gasteiger partial charge in [0.05, 0.1) is 0 Å². The van der Waals surface area contributed by atoms with Crippen molar-refractivity contribution in [2.45, 2.75) is 44.6 Å². The Balaban J connectivity index is 1.91. The quantitative estimate of drug-likeness (QED) is 0.682. The Bertz CT molecular complexity index is 241. The maximum absolute atomic E-state index is 12.0. The summed E-state index contributed by atoms with van der Waals surface area (Å²) in [7, 11) is 0. The Morgan fingerprint density at radius 3 is 2.43 bits per heavy atom. The van der Waals surface area contributed by atoms with E-state index in [1.165, 1.54) is 19.3 Å². The van der Waals surface area contributed by atoms with Gasteiger partial charge >= 0.3 is 0 Å². The zero-order valence-corrected chi connectivity index (χ0v) is 8.61. The molecule has 0 heterocycles. The molecule has 0 saturated heterocycles. The minimum absolute atomic E-state index is 0.118. The molecular formula is C12H19NO. The van der Waals surface area contributed by atoms with Crippen LogP contribution in [0.5, 0.6) is 0 Å². The van der Waals surface area contributed by atoms with Gasteiger partial charge in [-0.2, -0.15) is 0 Å². The van der Waals surface area contributed by atoms with Crippen molar-refractivity contribution in [3.8, 4) is 0 Å². The molecule has 0 spiro atoms. The molecule has 0 radical (unpaired) electrons. The van der Waals surface area contributed by atoms with Crippen molar-refractivity contribution in [1.29, 1.82) is 0 Å². The number of hydrogen-bond acceptors (Lipinski definition) is 2. The van der Waals surface area contributed by atoms with Gasteiger partial charge < -0.3 is 5.73 Å². The molecule has 78 valence electrons. The fourth-order valence-corrected chi connectivity index (χ4v) is 2.63. The van der Waals surface area contributed by atoms with E-state index in [-0.39, 0.29) is 12.0 Å². The summed E-state index contributed by atoms with van der Waals surface area (Å²) >= 11 is 0. The van der Waals surface area contributed by atoms with Crippen molar-refractivity contribution in [1.82, 2.24) is 0 Å². The van der Waals surface area contributed by atoms with Gasteiger partial charge in [-0.25, -0.2) is 0 Å². The first kappa shape index (κ1) is 9.91. The molecule has 1 fully saturated rings. The number of carbonyl (C=O) groups excluding carboxylic acids is 1. The second kappa shape index (κ2) is 4.26. The number of hydrogen-bond donors (Lipinski definition) is 1. The van der Waals surface area contributed by atoms with Gasteiger partial charge in [-0.1, -0.05) is 31.4 Å². The van der Waals surface area contributed by atoms with Crippen LogP contribution in [-0.2, 0) is 4.79 Å². The Labute approximate surface area is 85.6 Å². The first-order chi connectivity index (χ1) is 6.77. The topological polar surface area (TPSA) is 43.1 Å². The van der Waals surface area contributed by atoms with Crippen LogP contribution in [0.2, 0.25) is 0 Å². The second-order valence-electron chi connectivity index (χ2n) is 4.63. The van der Waals surface area contributed by atoms with Gasteiger partial charge in [0.2, 0.25) is 0 Å². The van der Waals surface area contributed by atoms with Crippen LogP contribution in [0.1, 0.15) is 38.5 Å². The standard InChI is InChI=1S/C12H19NO/c13-11-7-6-10(8-11)12(14)9-4-2-1-3-5-9/h6-7,9-11H,1-5,8,13H2. The van der Waals surface area contributed by atoms with Gasteiger partial charge in [0.15, 0.2) is 0 Å². The molecular weight excluding hydrogens is 174 g/mol. The van der Waals surface area contributed by atoms with E-state index in [0.29, 0.717) is 11.7 Å². The minimum atomic E-state index is 0.118. The fourth-order valence-electron chi connectivity index (χ4n) is 2.63. The summed E-state index contributed by atoms with van der Waals surface area (Å²) in [4.78, 5) is 12.0. The third kappa shape index (κ3) is 2.06. The molecule has 2 heteroatoms.